The van der Waals surface area contributed by atoms with Gasteiger partial charge in [0.2, 0.25) is 0 Å². The van der Waals surface area contributed by atoms with E-state index in [2.05, 4.69) is 4.98 Å². The number of imidazole rings is 1. The highest BCUT2D eigenvalue weighted by molar-refractivity contribution is 7.22. The molecule has 0 radical (unpaired) electrons. The molecule has 3 heterocycles. The molecule has 0 fully saturated rings. The molecular weight excluding hydrogens is 421 g/mol. The number of aromatic nitrogens is 3. The number of carbonyl (C=O) groups excluding carboxylic acids is 1. The molecule has 160 valence electrons. The summed E-state index contributed by atoms with van der Waals surface area (Å²) in [6.45, 7) is 2.79. The van der Waals surface area contributed by atoms with E-state index in [0.29, 0.717) is 56.9 Å². The molecule has 0 saturated heterocycles. The van der Waals surface area contributed by atoms with Gasteiger partial charge in [-0.15, -0.1) is 0 Å². The van der Waals surface area contributed by atoms with Gasteiger partial charge in [0.05, 0.1) is 27.9 Å². The van der Waals surface area contributed by atoms with Gasteiger partial charge >= 0.3 is 0 Å². The Morgan fingerprint density at radius 3 is 2.94 bits per heavy atom. The lowest BCUT2D eigenvalue weighted by atomic mass is 10.1. The topological polar surface area (TPSA) is 118 Å². The number of halogens is 1. The summed E-state index contributed by atoms with van der Waals surface area (Å²) in [5, 5.41) is 0.315. The molecule has 1 amide bonds. The predicted molar refractivity (Wildman–Crippen MR) is 117 cm³/mol. The number of nitrogens with zero attached hydrogens (tertiary/aromatic N) is 3. The summed E-state index contributed by atoms with van der Waals surface area (Å²) in [7, 11) is 0. The molecule has 4 aromatic rings. The van der Waals surface area contributed by atoms with Gasteiger partial charge in [0.15, 0.2) is 17.1 Å². The van der Waals surface area contributed by atoms with Crippen molar-refractivity contribution >= 4 is 43.6 Å². The zero-order chi connectivity index (χ0) is 21.7. The molecule has 1 unspecified atom stereocenters. The normalized spacial score (nSPS) is 14.8. The molecule has 1 aliphatic rings. The van der Waals surface area contributed by atoms with Gasteiger partial charge in [0.1, 0.15) is 22.8 Å². The number of rotatable bonds is 4. The van der Waals surface area contributed by atoms with Crippen LogP contribution in [0.4, 0.5) is 9.52 Å². The van der Waals surface area contributed by atoms with Crippen molar-refractivity contribution in [1.82, 2.24) is 14.5 Å². The van der Waals surface area contributed by atoms with Crippen molar-refractivity contribution in [2.75, 3.05) is 12.3 Å². The number of nitrogen functional groups attached to an aromatic ring is 1. The van der Waals surface area contributed by atoms with Crippen LogP contribution >= 0.6 is 11.3 Å². The highest BCUT2D eigenvalue weighted by Crippen LogP contribution is 2.39. The number of aryl methyl sites for hydroxylation is 1. The van der Waals surface area contributed by atoms with E-state index >= 15 is 4.39 Å². The molecule has 0 bridgehead atoms. The first-order valence-corrected chi connectivity index (χ1v) is 10.7. The summed E-state index contributed by atoms with van der Waals surface area (Å²) in [5.41, 5.74) is 13.3. The summed E-state index contributed by atoms with van der Waals surface area (Å²) < 4.78 is 29.4. The standard InChI is InChI=1S/C21H20FN5O3S/c1-10(19(23)28)30-11-8-14-17-15(9-11)29-7-3-2-6-27(17)20(25-14)12-4-5-13-18(16(12)22)31-21(24)26-13/h4-5,8-10H,2-3,6-7H2,1H3,(H2,23,28)(H2,24,26). The highest BCUT2D eigenvalue weighted by Gasteiger charge is 2.24. The second-order valence-electron chi connectivity index (χ2n) is 7.42. The van der Waals surface area contributed by atoms with Crippen LogP contribution in [0.2, 0.25) is 0 Å². The number of carbonyl (C=O) groups is 1. The molecule has 1 aliphatic heterocycles. The van der Waals surface area contributed by atoms with Crippen LogP contribution in [0.15, 0.2) is 24.3 Å². The molecule has 10 heteroatoms. The minimum absolute atomic E-state index is 0.315. The van der Waals surface area contributed by atoms with Gasteiger partial charge in [0.25, 0.3) is 5.91 Å². The van der Waals surface area contributed by atoms with E-state index in [1.54, 1.807) is 31.2 Å². The fourth-order valence-electron chi connectivity index (χ4n) is 3.77. The van der Waals surface area contributed by atoms with Crippen molar-refractivity contribution in [2.24, 2.45) is 5.73 Å². The third-order valence-electron chi connectivity index (χ3n) is 5.28. The van der Waals surface area contributed by atoms with E-state index in [4.69, 9.17) is 25.9 Å². The lowest BCUT2D eigenvalue weighted by Gasteiger charge is -2.18. The van der Waals surface area contributed by atoms with Crippen LogP contribution in [0.5, 0.6) is 11.5 Å². The van der Waals surface area contributed by atoms with Crippen molar-refractivity contribution in [3.8, 4) is 22.9 Å². The van der Waals surface area contributed by atoms with Gasteiger partial charge in [-0.3, -0.25) is 4.79 Å². The molecule has 5 rings (SSSR count). The second kappa shape index (κ2) is 7.38. The highest BCUT2D eigenvalue weighted by atomic mass is 32.1. The van der Waals surface area contributed by atoms with Crippen molar-refractivity contribution in [1.29, 1.82) is 0 Å². The van der Waals surface area contributed by atoms with E-state index in [1.807, 2.05) is 4.57 Å². The van der Waals surface area contributed by atoms with Crippen LogP contribution < -0.4 is 20.9 Å². The van der Waals surface area contributed by atoms with Crippen molar-refractivity contribution in [2.45, 2.75) is 32.4 Å². The molecule has 1 atom stereocenters. The first-order chi connectivity index (χ1) is 14.9. The average molecular weight is 441 g/mol. The van der Waals surface area contributed by atoms with E-state index in [1.165, 1.54) is 0 Å². The number of ether oxygens (including phenoxy) is 2. The monoisotopic (exact) mass is 441 g/mol. The minimum atomic E-state index is -0.809. The molecule has 0 spiro atoms. The van der Waals surface area contributed by atoms with Crippen molar-refractivity contribution in [3.63, 3.8) is 0 Å². The maximum atomic E-state index is 15.4. The number of primary amides is 1. The predicted octanol–water partition coefficient (Wildman–Crippen LogP) is 3.46. The third-order valence-corrected chi connectivity index (χ3v) is 6.17. The second-order valence-corrected chi connectivity index (χ2v) is 8.45. The Morgan fingerprint density at radius 1 is 1.29 bits per heavy atom. The Labute approximate surface area is 180 Å². The largest absolute Gasteiger partial charge is 0.491 e. The van der Waals surface area contributed by atoms with Crippen LogP contribution in [0.3, 0.4) is 0 Å². The zero-order valence-corrected chi connectivity index (χ0v) is 17.5. The van der Waals surface area contributed by atoms with E-state index in [-0.39, 0.29) is 0 Å². The Morgan fingerprint density at radius 2 is 2.13 bits per heavy atom. The van der Waals surface area contributed by atoms with Gasteiger partial charge in [-0.25, -0.2) is 14.4 Å². The quantitative estimate of drug-likeness (QED) is 0.501. The third kappa shape index (κ3) is 3.32. The van der Waals surface area contributed by atoms with Crippen LogP contribution in [-0.2, 0) is 11.3 Å². The van der Waals surface area contributed by atoms with Gasteiger partial charge in [-0.05, 0) is 31.9 Å². The number of thiazole rings is 1. The van der Waals surface area contributed by atoms with E-state index < -0.39 is 17.8 Å². The SMILES string of the molecule is CC(Oc1cc2c3c(c1)nc(-c1ccc4nc(N)sc4c1F)n3CCCCO2)C(N)=O. The summed E-state index contributed by atoms with van der Waals surface area (Å²) >= 11 is 1.11. The average Bonchev–Trinajstić information content (AvgIpc) is 3.26. The molecular formula is C21H20FN5O3S. The van der Waals surface area contributed by atoms with Gasteiger partial charge in [-0.1, -0.05) is 11.3 Å². The number of benzene rings is 2. The summed E-state index contributed by atoms with van der Waals surface area (Å²) in [4.78, 5) is 20.3. The molecule has 0 saturated carbocycles. The lowest BCUT2D eigenvalue weighted by molar-refractivity contribution is -0.123. The first-order valence-electron chi connectivity index (χ1n) is 9.90. The zero-order valence-electron chi connectivity index (χ0n) is 16.7. The number of amides is 1. The van der Waals surface area contributed by atoms with E-state index in [0.717, 1.165) is 29.7 Å². The summed E-state index contributed by atoms with van der Waals surface area (Å²) in [5.74, 6) is 0.506. The van der Waals surface area contributed by atoms with Crippen molar-refractivity contribution < 1.29 is 18.7 Å². The van der Waals surface area contributed by atoms with Crippen LogP contribution in [0, 0.1) is 5.82 Å². The molecule has 2 aromatic carbocycles. The van der Waals surface area contributed by atoms with Crippen LogP contribution in [0.1, 0.15) is 19.8 Å². The number of hydrogen-bond acceptors (Lipinski definition) is 7. The number of nitrogens with two attached hydrogens (primary N) is 2. The van der Waals surface area contributed by atoms with Crippen LogP contribution in [0.25, 0.3) is 32.6 Å². The molecule has 4 N–H and O–H groups in total. The first kappa shape index (κ1) is 19.6. The maximum Gasteiger partial charge on any atom is 0.258 e. The summed E-state index contributed by atoms with van der Waals surface area (Å²) in [6.07, 6.45) is 0.900. The van der Waals surface area contributed by atoms with Gasteiger partial charge in [0, 0.05) is 18.7 Å². The number of fused-ring (bicyclic) bond motifs is 1. The number of anilines is 1. The minimum Gasteiger partial charge on any atom is -0.491 e. The maximum absolute atomic E-state index is 15.4. The molecule has 31 heavy (non-hydrogen) atoms. The Hall–Kier alpha value is -3.40. The molecule has 0 aliphatic carbocycles. The van der Waals surface area contributed by atoms with Gasteiger partial charge in [-0.2, -0.15) is 0 Å². The Bertz CT molecular complexity index is 1330. The fourth-order valence-corrected chi connectivity index (χ4v) is 4.54. The summed E-state index contributed by atoms with van der Waals surface area (Å²) in [6, 6.07) is 6.85. The Balaban J connectivity index is 1.72. The van der Waals surface area contributed by atoms with Crippen LogP contribution in [-0.4, -0.2) is 33.2 Å². The molecule has 2 aromatic heterocycles. The van der Waals surface area contributed by atoms with Crippen molar-refractivity contribution in [3.05, 3.63) is 30.1 Å². The van der Waals surface area contributed by atoms with E-state index in [9.17, 15) is 4.79 Å². The Kier molecular flexibility index (Phi) is 4.66. The van der Waals surface area contributed by atoms with Gasteiger partial charge < -0.3 is 25.5 Å². The number of hydrogen-bond donors (Lipinski definition) is 2. The fraction of sp³-hybridized carbons (Fsp3) is 0.286. The lowest BCUT2D eigenvalue weighted by Crippen LogP contribution is -2.30. The smallest absolute Gasteiger partial charge is 0.258 e. The molecule has 8 nitrogen and oxygen atoms in total.